The van der Waals surface area contributed by atoms with Gasteiger partial charge in [-0.1, -0.05) is 6.07 Å². The highest BCUT2D eigenvalue weighted by atomic mass is 32.1. The Morgan fingerprint density at radius 3 is 2.94 bits per heavy atom. The standard InChI is InChI=1S/C12H20N2O2S/c1-3-14(9-10-5-4-8-17-10)12(15)11(13)6-7-16-2/h4-5,8,11H,3,6-7,9,13H2,1-2H3. The number of methoxy groups -OCH3 is 1. The highest BCUT2D eigenvalue weighted by Crippen LogP contribution is 2.12. The van der Waals surface area contributed by atoms with Crippen LogP contribution in [0.5, 0.6) is 0 Å². The molecule has 0 bridgehead atoms. The molecule has 1 heterocycles. The lowest BCUT2D eigenvalue weighted by molar-refractivity contribution is -0.133. The molecule has 2 N–H and O–H groups in total. The number of thiophene rings is 1. The molecule has 0 aromatic carbocycles. The second-order valence-electron chi connectivity index (χ2n) is 3.82. The fraction of sp³-hybridized carbons (Fsp3) is 0.583. The van der Waals surface area contributed by atoms with E-state index < -0.39 is 6.04 Å². The van der Waals surface area contributed by atoms with E-state index in [-0.39, 0.29) is 5.91 Å². The van der Waals surface area contributed by atoms with Crippen LogP contribution < -0.4 is 5.73 Å². The summed E-state index contributed by atoms with van der Waals surface area (Å²) in [5.74, 6) is -0.00190. The Balaban J connectivity index is 2.51. The van der Waals surface area contributed by atoms with Gasteiger partial charge in [0.05, 0.1) is 12.6 Å². The molecule has 0 radical (unpaired) electrons. The minimum absolute atomic E-state index is 0.00190. The Kier molecular flexibility index (Phi) is 6.18. The first-order chi connectivity index (χ1) is 8.19. The molecular weight excluding hydrogens is 236 g/mol. The molecule has 0 aliphatic heterocycles. The molecule has 0 aliphatic carbocycles. The summed E-state index contributed by atoms with van der Waals surface area (Å²) >= 11 is 1.65. The van der Waals surface area contributed by atoms with Gasteiger partial charge in [0.1, 0.15) is 0 Å². The highest BCUT2D eigenvalue weighted by molar-refractivity contribution is 7.09. The molecule has 1 amide bonds. The molecule has 4 nitrogen and oxygen atoms in total. The molecule has 1 aromatic heterocycles. The fourth-order valence-electron chi connectivity index (χ4n) is 1.54. The van der Waals surface area contributed by atoms with Gasteiger partial charge in [-0.15, -0.1) is 11.3 Å². The zero-order valence-electron chi connectivity index (χ0n) is 10.4. The first kappa shape index (κ1) is 14.2. The third kappa shape index (κ3) is 4.46. The van der Waals surface area contributed by atoms with Crippen molar-refractivity contribution >= 4 is 17.2 Å². The van der Waals surface area contributed by atoms with Crippen molar-refractivity contribution in [2.24, 2.45) is 5.73 Å². The molecule has 0 saturated carbocycles. The van der Waals surface area contributed by atoms with Crippen molar-refractivity contribution < 1.29 is 9.53 Å². The topological polar surface area (TPSA) is 55.6 Å². The maximum absolute atomic E-state index is 12.1. The lowest BCUT2D eigenvalue weighted by atomic mass is 10.2. The quantitative estimate of drug-likeness (QED) is 0.803. The predicted octanol–water partition coefficient (Wildman–Crippen LogP) is 1.46. The first-order valence-electron chi connectivity index (χ1n) is 5.74. The number of hydrogen-bond donors (Lipinski definition) is 1. The number of likely N-dealkylation sites (N-methyl/N-ethyl adjacent to an activating group) is 1. The van der Waals surface area contributed by atoms with E-state index in [0.29, 0.717) is 26.1 Å². The maximum Gasteiger partial charge on any atom is 0.239 e. The van der Waals surface area contributed by atoms with E-state index in [2.05, 4.69) is 0 Å². The van der Waals surface area contributed by atoms with Gasteiger partial charge in [0.25, 0.3) is 0 Å². The summed E-state index contributed by atoms with van der Waals surface area (Å²) in [5, 5.41) is 2.01. The van der Waals surface area contributed by atoms with Crippen LogP contribution in [0.15, 0.2) is 17.5 Å². The second kappa shape index (κ2) is 7.42. The number of hydrogen-bond acceptors (Lipinski definition) is 4. The van der Waals surface area contributed by atoms with Crippen LogP contribution in [-0.2, 0) is 16.1 Å². The first-order valence-corrected chi connectivity index (χ1v) is 6.62. The van der Waals surface area contributed by atoms with Gasteiger partial charge in [0.15, 0.2) is 0 Å². The summed E-state index contributed by atoms with van der Waals surface area (Å²) in [6.07, 6.45) is 0.566. The summed E-state index contributed by atoms with van der Waals surface area (Å²) < 4.78 is 4.93. The van der Waals surface area contributed by atoms with Gasteiger partial charge in [-0.3, -0.25) is 4.79 Å². The fourth-order valence-corrected chi connectivity index (χ4v) is 2.26. The molecule has 0 saturated heterocycles. The van der Waals surface area contributed by atoms with E-state index in [4.69, 9.17) is 10.5 Å². The van der Waals surface area contributed by atoms with Crippen LogP contribution in [0, 0.1) is 0 Å². The number of carbonyl (C=O) groups is 1. The van der Waals surface area contributed by atoms with E-state index >= 15 is 0 Å². The van der Waals surface area contributed by atoms with Gasteiger partial charge in [-0.25, -0.2) is 0 Å². The molecule has 1 atom stereocenters. The SMILES string of the molecule is CCN(Cc1cccs1)C(=O)C(N)CCOC. The van der Waals surface area contributed by atoms with Gasteiger partial charge in [0.2, 0.25) is 5.91 Å². The molecule has 5 heteroatoms. The van der Waals surface area contributed by atoms with Gasteiger partial charge >= 0.3 is 0 Å². The third-order valence-corrected chi connectivity index (χ3v) is 3.43. The van der Waals surface area contributed by atoms with Crippen LogP contribution in [0.2, 0.25) is 0 Å². The predicted molar refractivity (Wildman–Crippen MR) is 69.9 cm³/mol. The average molecular weight is 256 g/mol. The lowest BCUT2D eigenvalue weighted by Crippen LogP contribution is -2.43. The van der Waals surface area contributed by atoms with E-state index in [9.17, 15) is 4.79 Å². The molecule has 96 valence electrons. The zero-order valence-corrected chi connectivity index (χ0v) is 11.2. The minimum atomic E-state index is -0.463. The van der Waals surface area contributed by atoms with Gasteiger partial charge in [0, 0.05) is 25.1 Å². The van der Waals surface area contributed by atoms with Crippen molar-refractivity contribution in [2.75, 3.05) is 20.3 Å². The molecule has 0 aliphatic rings. The minimum Gasteiger partial charge on any atom is -0.385 e. The molecule has 1 unspecified atom stereocenters. The molecule has 17 heavy (non-hydrogen) atoms. The number of ether oxygens (including phenoxy) is 1. The van der Waals surface area contributed by atoms with Crippen LogP contribution in [0.4, 0.5) is 0 Å². The van der Waals surface area contributed by atoms with Crippen LogP contribution >= 0.6 is 11.3 Å². The van der Waals surface area contributed by atoms with Crippen LogP contribution in [0.1, 0.15) is 18.2 Å². The molecule has 0 fully saturated rings. The van der Waals surface area contributed by atoms with Crippen molar-refractivity contribution in [3.63, 3.8) is 0 Å². The summed E-state index contributed by atoms with van der Waals surface area (Å²) in [7, 11) is 1.61. The Hall–Kier alpha value is -0.910. The largest absolute Gasteiger partial charge is 0.385 e. The number of carbonyl (C=O) groups excluding carboxylic acids is 1. The van der Waals surface area contributed by atoms with Crippen molar-refractivity contribution in [3.8, 4) is 0 Å². The lowest BCUT2D eigenvalue weighted by Gasteiger charge is -2.23. The number of rotatable bonds is 7. The van der Waals surface area contributed by atoms with Crippen molar-refractivity contribution in [3.05, 3.63) is 22.4 Å². The Bertz CT molecular complexity index is 327. The average Bonchev–Trinajstić information content (AvgIpc) is 2.84. The van der Waals surface area contributed by atoms with Crippen LogP contribution in [0.3, 0.4) is 0 Å². The van der Waals surface area contributed by atoms with Crippen molar-refractivity contribution in [2.45, 2.75) is 25.9 Å². The van der Waals surface area contributed by atoms with Gasteiger partial charge in [-0.2, -0.15) is 0 Å². The maximum atomic E-state index is 12.1. The second-order valence-corrected chi connectivity index (χ2v) is 4.85. The molecular formula is C12H20N2O2S. The normalized spacial score (nSPS) is 12.4. The van der Waals surface area contributed by atoms with Crippen LogP contribution in [-0.4, -0.2) is 37.1 Å². The third-order valence-electron chi connectivity index (χ3n) is 2.57. The summed E-state index contributed by atoms with van der Waals surface area (Å²) in [5.41, 5.74) is 5.84. The van der Waals surface area contributed by atoms with Crippen molar-refractivity contribution in [1.29, 1.82) is 0 Å². The molecule has 0 spiro atoms. The van der Waals surface area contributed by atoms with E-state index in [1.54, 1.807) is 23.3 Å². The van der Waals surface area contributed by atoms with Crippen LogP contribution in [0.25, 0.3) is 0 Å². The number of nitrogens with zero attached hydrogens (tertiary/aromatic N) is 1. The Morgan fingerprint density at radius 2 is 2.41 bits per heavy atom. The molecule has 1 aromatic rings. The number of nitrogens with two attached hydrogens (primary N) is 1. The highest BCUT2D eigenvalue weighted by Gasteiger charge is 2.19. The van der Waals surface area contributed by atoms with Gasteiger partial charge < -0.3 is 15.4 Å². The summed E-state index contributed by atoms with van der Waals surface area (Å²) in [4.78, 5) is 15.0. The van der Waals surface area contributed by atoms with E-state index in [0.717, 1.165) is 0 Å². The smallest absolute Gasteiger partial charge is 0.239 e. The number of amides is 1. The van der Waals surface area contributed by atoms with Gasteiger partial charge in [-0.05, 0) is 24.8 Å². The Labute approximate surface area is 106 Å². The zero-order chi connectivity index (χ0) is 12.7. The monoisotopic (exact) mass is 256 g/mol. The van der Waals surface area contributed by atoms with Crippen molar-refractivity contribution in [1.82, 2.24) is 4.90 Å². The van der Waals surface area contributed by atoms with E-state index in [1.807, 2.05) is 24.4 Å². The summed E-state index contributed by atoms with van der Waals surface area (Å²) in [6, 6.07) is 3.56. The summed E-state index contributed by atoms with van der Waals surface area (Å²) in [6.45, 7) is 3.81. The molecule has 1 rings (SSSR count). The Morgan fingerprint density at radius 1 is 1.65 bits per heavy atom. The van der Waals surface area contributed by atoms with E-state index in [1.165, 1.54) is 4.88 Å².